The van der Waals surface area contributed by atoms with Crippen molar-refractivity contribution in [1.29, 1.82) is 0 Å². The summed E-state index contributed by atoms with van der Waals surface area (Å²) in [5.41, 5.74) is -0.0677. The highest BCUT2D eigenvalue weighted by atomic mass is 35.5. The number of hydrogen-bond donors (Lipinski definition) is 1. The number of aliphatic hydroxyl groups excluding tert-OH is 1. The second-order valence-electron chi connectivity index (χ2n) is 3.04. The summed E-state index contributed by atoms with van der Waals surface area (Å²) in [4.78, 5) is 0. The van der Waals surface area contributed by atoms with E-state index in [0.29, 0.717) is 5.88 Å². The fourth-order valence-electron chi connectivity index (χ4n) is 0.231. The van der Waals surface area contributed by atoms with Gasteiger partial charge in [-0.1, -0.05) is 20.8 Å². The minimum atomic E-state index is -0.385. The third-order valence-electron chi connectivity index (χ3n) is 1.15. The Morgan fingerprint density at radius 1 is 1.50 bits per heavy atom. The van der Waals surface area contributed by atoms with E-state index in [0.717, 1.165) is 0 Å². The predicted octanol–water partition coefficient (Wildman–Crippen LogP) is 1.63. The Kier molecular flexibility index (Phi) is 2.78. The second-order valence-corrected chi connectivity index (χ2v) is 3.34. The minimum Gasteiger partial charge on any atom is -0.391 e. The SMILES string of the molecule is CC(C)(C)C(O)CCl. The molecule has 0 aromatic heterocycles. The summed E-state index contributed by atoms with van der Waals surface area (Å²) in [5.74, 6) is 0.323. The number of rotatable bonds is 1. The molecule has 1 nitrogen and oxygen atoms in total. The molecule has 0 bridgehead atoms. The highest BCUT2D eigenvalue weighted by Crippen LogP contribution is 2.19. The van der Waals surface area contributed by atoms with Crippen LogP contribution >= 0.6 is 11.6 Å². The van der Waals surface area contributed by atoms with E-state index in [-0.39, 0.29) is 11.5 Å². The lowest BCUT2D eigenvalue weighted by Gasteiger charge is -2.23. The van der Waals surface area contributed by atoms with Crippen molar-refractivity contribution < 1.29 is 5.11 Å². The van der Waals surface area contributed by atoms with Crippen molar-refractivity contribution in [3.8, 4) is 0 Å². The van der Waals surface area contributed by atoms with Crippen LogP contribution in [0.15, 0.2) is 0 Å². The average Bonchev–Trinajstić information content (AvgIpc) is 1.62. The summed E-state index contributed by atoms with van der Waals surface area (Å²) in [6, 6.07) is 0. The molecule has 0 aromatic rings. The monoisotopic (exact) mass is 136 g/mol. The fourth-order valence-corrected chi connectivity index (χ4v) is 0.694. The zero-order chi connectivity index (χ0) is 6.78. The van der Waals surface area contributed by atoms with Crippen LogP contribution in [0, 0.1) is 5.41 Å². The van der Waals surface area contributed by atoms with Gasteiger partial charge < -0.3 is 5.11 Å². The molecule has 0 aliphatic carbocycles. The topological polar surface area (TPSA) is 20.2 Å². The van der Waals surface area contributed by atoms with Gasteiger partial charge in [-0.3, -0.25) is 0 Å². The summed E-state index contributed by atoms with van der Waals surface area (Å²) in [6.45, 7) is 5.88. The molecule has 0 amide bonds. The maximum Gasteiger partial charge on any atom is 0.0723 e. The number of alkyl halides is 1. The van der Waals surface area contributed by atoms with Crippen molar-refractivity contribution in [3.05, 3.63) is 0 Å². The normalized spacial score (nSPS) is 16.1. The highest BCUT2D eigenvalue weighted by molar-refractivity contribution is 6.18. The molecular weight excluding hydrogens is 124 g/mol. The Bertz CT molecular complexity index is 65.4. The molecule has 0 aliphatic rings. The smallest absolute Gasteiger partial charge is 0.0723 e. The summed E-state index contributed by atoms with van der Waals surface area (Å²) in [5, 5.41) is 9.06. The van der Waals surface area contributed by atoms with Crippen LogP contribution in [0.25, 0.3) is 0 Å². The molecule has 0 heterocycles. The maximum absolute atomic E-state index is 9.06. The van der Waals surface area contributed by atoms with Gasteiger partial charge in [0, 0.05) is 5.88 Å². The van der Waals surface area contributed by atoms with Gasteiger partial charge in [0.05, 0.1) is 6.10 Å². The maximum atomic E-state index is 9.06. The van der Waals surface area contributed by atoms with Crippen LogP contribution in [0.1, 0.15) is 20.8 Å². The molecule has 0 saturated carbocycles. The third kappa shape index (κ3) is 2.53. The summed E-state index contributed by atoms with van der Waals surface area (Å²) in [6.07, 6.45) is -0.385. The Balaban J connectivity index is 3.62. The average molecular weight is 137 g/mol. The van der Waals surface area contributed by atoms with Crippen molar-refractivity contribution in [3.63, 3.8) is 0 Å². The molecule has 0 aliphatic heterocycles. The first-order valence-corrected chi connectivity index (χ1v) is 3.26. The van der Waals surface area contributed by atoms with Gasteiger partial charge in [-0.2, -0.15) is 0 Å². The quantitative estimate of drug-likeness (QED) is 0.544. The first-order chi connectivity index (χ1) is 3.48. The summed E-state index contributed by atoms with van der Waals surface area (Å²) in [7, 11) is 0. The summed E-state index contributed by atoms with van der Waals surface area (Å²) >= 11 is 5.39. The van der Waals surface area contributed by atoms with Gasteiger partial charge in [0.25, 0.3) is 0 Å². The Morgan fingerprint density at radius 3 is 1.88 bits per heavy atom. The molecule has 0 fully saturated rings. The first-order valence-electron chi connectivity index (χ1n) is 2.72. The molecule has 1 N–H and O–H groups in total. The number of aliphatic hydroxyl groups is 1. The van der Waals surface area contributed by atoms with Gasteiger partial charge in [0.2, 0.25) is 0 Å². The zero-order valence-electron chi connectivity index (χ0n) is 5.61. The molecule has 0 radical (unpaired) electrons. The van der Waals surface area contributed by atoms with E-state index in [9.17, 15) is 0 Å². The van der Waals surface area contributed by atoms with Crippen LogP contribution in [-0.4, -0.2) is 17.1 Å². The van der Waals surface area contributed by atoms with Gasteiger partial charge in [-0.05, 0) is 5.41 Å². The Morgan fingerprint density at radius 2 is 1.88 bits per heavy atom. The van der Waals surface area contributed by atoms with Crippen LogP contribution in [0.3, 0.4) is 0 Å². The van der Waals surface area contributed by atoms with E-state index in [1.54, 1.807) is 0 Å². The van der Waals surface area contributed by atoms with E-state index in [2.05, 4.69) is 0 Å². The Hall–Kier alpha value is 0.250. The van der Waals surface area contributed by atoms with Crippen molar-refractivity contribution >= 4 is 11.6 Å². The van der Waals surface area contributed by atoms with Crippen molar-refractivity contribution in [2.45, 2.75) is 26.9 Å². The highest BCUT2D eigenvalue weighted by Gasteiger charge is 2.20. The molecule has 50 valence electrons. The van der Waals surface area contributed by atoms with Gasteiger partial charge in [-0.25, -0.2) is 0 Å². The van der Waals surface area contributed by atoms with E-state index >= 15 is 0 Å². The molecule has 2 heteroatoms. The van der Waals surface area contributed by atoms with E-state index in [1.807, 2.05) is 20.8 Å². The first kappa shape index (κ1) is 8.25. The Labute approximate surface area is 55.7 Å². The molecule has 0 aromatic carbocycles. The molecule has 8 heavy (non-hydrogen) atoms. The number of halogens is 1. The van der Waals surface area contributed by atoms with Crippen LogP contribution < -0.4 is 0 Å². The van der Waals surface area contributed by atoms with Crippen molar-refractivity contribution in [1.82, 2.24) is 0 Å². The molecular formula is C6H13ClO. The van der Waals surface area contributed by atoms with Crippen LogP contribution in [-0.2, 0) is 0 Å². The van der Waals surface area contributed by atoms with Crippen LogP contribution in [0.5, 0.6) is 0 Å². The van der Waals surface area contributed by atoms with Crippen molar-refractivity contribution in [2.75, 3.05) is 5.88 Å². The van der Waals surface area contributed by atoms with E-state index in [4.69, 9.17) is 16.7 Å². The lowest BCUT2D eigenvalue weighted by Crippen LogP contribution is -2.27. The minimum absolute atomic E-state index is 0.0677. The summed E-state index contributed by atoms with van der Waals surface area (Å²) < 4.78 is 0. The number of hydrogen-bond acceptors (Lipinski definition) is 1. The van der Waals surface area contributed by atoms with Gasteiger partial charge in [0.1, 0.15) is 0 Å². The molecule has 1 atom stereocenters. The van der Waals surface area contributed by atoms with Gasteiger partial charge >= 0.3 is 0 Å². The predicted molar refractivity (Wildman–Crippen MR) is 36.2 cm³/mol. The molecule has 0 saturated heterocycles. The zero-order valence-corrected chi connectivity index (χ0v) is 6.37. The molecule has 0 spiro atoms. The standard InChI is InChI=1S/C6H13ClO/c1-6(2,3)5(8)4-7/h5,8H,4H2,1-3H3. The van der Waals surface area contributed by atoms with Crippen LogP contribution in [0.4, 0.5) is 0 Å². The lowest BCUT2D eigenvalue weighted by atomic mass is 9.90. The van der Waals surface area contributed by atoms with E-state index in [1.165, 1.54) is 0 Å². The lowest BCUT2D eigenvalue weighted by molar-refractivity contribution is 0.0831. The largest absolute Gasteiger partial charge is 0.391 e. The molecule has 1 unspecified atom stereocenters. The second kappa shape index (κ2) is 2.70. The third-order valence-corrected chi connectivity index (χ3v) is 1.44. The van der Waals surface area contributed by atoms with E-state index < -0.39 is 0 Å². The van der Waals surface area contributed by atoms with Gasteiger partial charge in [-0.15, -0.1) is 11.6 Å². The van der Waals surface area contributed by atoms with Crippen LogP contribution in [0.2, 0.25) is 0 Å². The van der Waals surface area contributed by atoms with Crippen molar-refractivity contribution in [2.24, 2.45) is 5.41 Å². The fraction of sp³-hybridized carbons (Fsp3) is 1.00. The van der Waals surface area contributed by atoms with Gasteiger partial charge in [0.15, 0.2) is 0 Å². The molecule has 0 rings (SSSR count).